The molecule has 3 N–H and O–H groups in total. The highest BCUT2D eigenvalue weighted by atomic mass is 35.5. The van der Waals surface area contributed by atoms with Crippen molar-refractivity contribution < 1.29 is 45.1 Å². The van der Waals surface area contributed by atoms with Crippen molar-refractivity contribution in [3.8, 4) is 5.75 Å². The van der Waals surface area contributed by atoms with E-state index in [0.29, 0.717) is 11.1 Å². The molecule has 0 atom stereocenters. The molecule has 1 saturated carbocycles. The minimum atomic E-state index is -4.32. The highest BCUT2D eigenvalue weighted by Crippen LogP contribution is 2.39. The number of hydrogen-bond donors (Lipinski definition) is 3. The zero-order valence-corrected chi connectivity index (χ0v) is 26.2. The van der Waals surface area contributed by atoms with E-state index >= 15 is 0 Å². The molecule has 1 aliphatic carbocycles. The van der Waals surface area contributed by atoms with Crippen LogP contribution >= 0.6 is 23.2 Å². The van der Waals surface area contributed by atoms with Crippen LogP contribution < -0.4 is 20.7 Å². The lowest BCUT2D eigenvalue weighted by Crippen LogP contribution is -2.60. The number of nitrogens with zero attached hydrogens (tertiary/aromatic N) is 3. The normalized spacial score (nSPS) is 19.4. The fraction of sp³-hybridized carbons (Fsp3) is 0.483. The first kappa shape index (κ1) is 34.7. The molecular formula is C29H29Cl2F7N6O3. The maximum absolute atomic E-state index is 13.3. The average Bonchev–Trinajstić information content (AvgIpc) is 3.29. The van der Waals surface area contributed by atoms with Crippen LogP contribution in [-0.2, 0) is 13.6 Å². The first-order valence-corrected chi connectivity index (χ1v) is 15.2. The largest absolute Gasteiger partial charge is 0.487 e. The summed E-state index contributed by atoms with van der Waals surface area (Å²) in [5.41, 5.74) is 1.07. The number of rotatable bonds is 9. The smallest absolute Gasteiger partial charge is 0.391 e. The molecule has 2 aromatic carbocycles. The van der Waals surface area contributed by atoms with E-state index < -0.39 is 62.1 Å². The standard InChI is InChI=1S/C29H29Cl2F7N6O3/c1-43-20-9-21(47-11-22(32)33)17(25(45)40-16-5-3-15(4-6-16)29(36,37)38)8-19(20)41-26(43)42-24-18(30)7-2-14(23(24)31)10-39-27(46)44-12-28(34,35)13-44/h2,7-9,15-16,22H,3-6,10-13H2,1H3,(H,39,46)(H,40,45)(H,41,42)/t15-,16-. The molecule has 5 rings (SSSR count). The minimum Gasteiger partial charge on any atom is -0.487 e. The van der Waals surface area contributed by atoms with Gasteiger partial charge in [0.1, 0.15) is 12.4 Å². The Morgan fingerprint density at radius 2 is 1.79 bits per heavy atom. The highest BCUT2D eigenvalue weighted by Gasteiger charge is 2.46. The molecule has 2 aliphatic rings. The summed E-state index contributed by atoms with van der Waals surface area (Å²) >= 11 is 13.0. The van der Waals surface area contributed by atoms with Crippen LogP contribution in [0.25, 0.3) is 11.0 Å². The molecule has 256 valence electrons. The zero-order chi connectivity index (χ0) is 34.3. The molecule has 9 nitrogen and oxygen atoms in total. The molecule has 0 spiro atoms. The van der Waals surface area contributed by atoms with Gasteiger partial charge in [0, 0.05) is 25.7 Å². The number of carbonyl (C=O) groups excluding carboxylic acids is 2. The van der Waals surface area contributed by atoms with E-state index in [0.717, 1.165) is 4.90 Å². The summed E-state index contributed by atoms with van der Waals surface area (Å²) in [4.78, 5) is 30.9. The first-order valence-electron chi connectivity index (χ1n) is 14.5. The van der Waals surface area contributed by atoms with Gasteiger partial charge in [-0.2, -0.15) is 13.2 Å². The summed E-state index contributed by atoms with van der Waals surface area (Å²) in [6.07, 6.45) is -7.26. The number of halogens is 9. The van der Waals surface area contributed by atoms with Crippen molar-refractivity contribution in [1.29, 1.82) is 0 Å². The molecule has 18 heteroatoms. The third kappa shape index (κ3) is 7.91. The van der Waals surface area contributed by atoms with Crippen molar-refractivity contribution in [2.75, 3.05) is 25.0 Å². The van der Waals surface area contributed by atoms with Gasteiger partial charge in [-0.25, -0.2) is 27.3 Å². The van der Waals surface area contributed by atoms with Crippen molar-refractivity contribution in [1.82, 2.24) is 25.1 Å². The average molecular weight is 713 g/mol. The maximum Gasteiger partial charge on any atom is 0.391 e. The number of urea groups is 1. The van der Waals surface area contributed by atoms with Crippen molar-refractivity contribution in [2.45, 2.75) is 56.8 Å². The second kappa shape index (κ2) is 13.5. The van der Waals surface area contributed by atoms with Crippen LogP contribution in [0.2, 0.25) is 10.0 Å². The molecule has 1 saturated heterocycles. The van der Waals surface area contributed by atoms with Crippen LogP contribution in [0.5, 0.6) is 5.75 Å². The molecular weight excluding hydrogens is 684 g/mol. The molecule has 2 fully saturated rings. The van der Waals surface area contributed by atoms with Crippen LogP contribution in [0.3, 0.4) is 0 Å². The van der Waals surface area contributed by atoms with Gasteiger partial charge < -0.3 is 30.2 Å². The number of ether oxygens (including phenoxy) is 1. The molecule has 3 amide bonds. The number of imidazole rings is 1. The van der Waals surface area contributed by atoms with Crippen molar-refractivity contribution >= 4 is 57.8 Å². The summed E-state index contributed by atoms with van der Waals surface area (Å²) in [6.45, 7) is -2.49. The van der Waals surface area contributed by atoms with Crippen molar-refractivity contribution in [3.05, 3.63) is 45.4 Å². The number of anilines is 2. The van der Waals surface area contributed by atoms with Gasteiger partial charge in [0.15, 0.2) is 0 Å². The fourth-order valence-electron chi connectivity index (χ4n) is 5.51. The predicted molar refractivity (Wildman–Crippen MR) is 160 cm³/mol. The van der Waals surface area contributed by atoms with Gasteiger partial charge >= 0.3 is 12.2 Å². The summed E-state index contributed by atoms with van der Waals surface area (Å²) in [5.74, 6) is -5.09. The van der Waals surface area contributed by atoms with E-state index in [1.54, 1.807) is 13.1 Å². The first-order chi connectivity index (χ1) is 22.0. The third-order valence-corrected chi connectivity index (χ3v) is 8.83. The molecule has 1 aliphatic heterocycles. The second-order valence-electron chi connectivity index (χ2n) is 11.5. The second-order valence-corrected chi connectivity index (χ2v) is 12.3. The number of likely N-dealkylation sites (tertiary alicyclic amines) is 1. The van der Waals surface area contributed by atoms with Crippen LogP contribution in [0.4, 0.5) is 47.2 Å². The van der Waals surface area contributed by atoms with E-state index in [1.165, 1.54) is 22.8 Å². The van der Waals surface area contributed by atoms with Crippen LogP contribution in [-0.4, -0.2) is 70.7 Å². The molecule has 0 radical (unpaired) electrons. The number of aryl methyl sites for hydroxylation is 1. The number of hydrogen-bond acceptors (Lipinski definition) is 5. The SMILES string of the molecule is Cn1c(Nc2c(Cl)ccc(CNC(=O)N3CC(F)(F)C3)c2Cl)nc2cc(C(=O)N[C@H]3CC[C@H](C(F)(F)F)CC3)c(OCC(F)F)cc21. The third-order valence-electron chi connectivity index (χ3n) is 8.09. The van der Waals surface area contributed by atoms with Gasteiger partial charge in [0.25, 0.3) is 18.3 Å². The molecule has 1 aromatic heterocycles. The molecule has 47 heavy (non-hydrogen) atoms. The Labute approximate surface area is 273 Å². The summed E-state index contributed by atoms with van der Waals surface area (Å²) in [5, 5.41) is 8.48. The highest BCUT2D eigenvalue weighted by molar-refractivity contribution is 6.39. The molecule has 0 bridgehead atoms. The lowest BCUT2D eigenvalue weighted by atomic mass is 9.85. The summed E-state index contributed by atoms with van der Waals surface area (Å²) in [6, 6.07) is 4.48. The number of fused-ring (bicyclic) bond motifs is 1. The monoisotopic (exact) mass is 712 g/mol. The number of alkyl halides is 7. The summed E-state index contributed by atoms with van der Waals surface area (Å²) in [7, 11) is 1.59. The fourth-order valence-corrected chi connectivity index (χ4v) is 6.04. The van der Waals surface area contributed by atoms with Gasteiger partial charge in [0.05, 0.1) is 51.3 Å². The minimum absolute atomic E-state index is 0.0973. The Kier molecular flexibility index (Phi) is 9.92. The predicted octanol–water partition coefficient (Wildman–Crippen LogP) is 7.28. The number of benzene rings is 2. The molecule has 3 aromatic rings. The number of nitrogens with one attached hydrogen (secondary N) is 3. The van der Waals surface area contributed by atoms with Crippen LogP contribution in [0.15, 0.2) is 24.3 Å². The number of aromatic nitrogens is 2. The summed E-state index contributed by atoms with van der Waals surface area (Å²) < 4.78 is 98.4. The van der Waals surface area contributed by atoms with Crippen LogP contribution in [0.1, 0.15) is 41.6 Å². The molecule has 2 heterocycles. The van der Waals surface area contributed by atoms with E-state index in [-0.39, 0.29) is 70.7 Å². The maximum atomic E-state index is 13.3. The van der Waals surface area contributed by atoms with Crippen molar-refractivity contribution in [3.63, 3.8) is 0 Å². The topological polar surface area (TPSA) is 101 Å². The lowest BCUT2D eigenvalue weighted by Gasteiger charge is -2.38. The van der Waals surface area contributed by atoms with E-state index in [2.05, 4.69) is 20.9 Å². The number of amides is 3. The van der Waals surface area contributed by atoms with Crippen molar-refractivity contribution in [2.24, 2.45) is 13.0 Å². The van der Waals surface area contributed by atoms with Gasteiger partial charge in [-0.15, -0.1) is 0 Å². The zero-order valence-electron chi connectivity index (χ0n) is 24.7. The Balaban J connectivity index is 1.36. The Bertz CT molecular complexity index is 1650. The van der Waals surface area contributed by atoms with E-state index in [1.807, 2.05) is 0 Å². The lowest BCUT2D eigenvalue weighted by molar-refractivity contribution is -0.182. The quantitative estimate of drug-likeness (QED) is 0.203. The van der Waals surface area contributed by atoms with Gasteiger partial charge in [-0.3, -0.25) is 4.79 Å². The Morgan fingerprint density at radius 3 is 2.40 bits per heavy atom. The van der Waals surface area contributed by atoms with E-state index in [4.69, 9.17) is 27.9 Å². The van der Waals surface area contributed by atoms with E-state index in [9.17, 15) is 40.3 Å². The Morgan fingerprint density at radius 1 is 1.11 bits per heavy atom. The van der Waals surface area contributed by atoms with Gasteiger partial charge in [-0.1, -0.05) is 29.3 Å². The van der Waals surface area contributed by atoms with Crippen LogP contribution in [0, 0.1) is 5.92 Å². The van der Waals surface area contributed by atoms with Gasteiger partial charge in [0.2, 0.25) is 5.95 Å². The van der Waals surface area contributed by atoms with Gasteiger partial charge in [-0.05, 0) is 43.4 Å². The Hall–Kier alpha value is -3.66. The number of carbonyl (C=O) groups is 2. The molecule has 0 unspecified atom stereocenters.